The molecule has 3 N–H and O–H groups in total. The van der Waals surface area contributed by atoms with E-state index in [1.54, 1.807) is 18.2 Å². The summed E-state index contributed by atoms with van der Waals surface area (Å²) in [6.45, 7) is 0. The third kappa shape index (κ3) is 3.47. The minimum atomic E-state index is -0.717. The fourth-order valence-electron chi connectivity index (χ4n) is 0.933. The number of methoxy groups -OCH3 is 1. The zero-order valence-corrected chi connectivity index (χ0v) is 8.78. The van der Waals surface area contributed by atoms with Gasteiger partial charge in [-0.1, -0.05) is 11.6 Å². The fraction of sp³-hybridized carbons (Fsp3) is 0.111. The number of primary amides is 1. The van der Waals surface area contributed by atoms with E-state index >= 15 is 0 Å². The topological polar surface area (TPSA) is 76.7 Å². The molecule has 1 aromatic rings. The van der Waals surface area contributed by atoms with Crippen LogP contribution in [-0.2, 0) is 0 Å². The van der Waals surface area contributed by atoms with E-state index in [4.69, 9.17) is 22.1 Å². The molecule has 15 heavy (non-hydrogen) atoms. The molecule has 0 fully saturated rings. The molecular formula is C9H10ClN3O2. The molecule has 0 spiro atoms. The van der Waals surface area contributed by atoms with Gasteiger partial charge >= 0.3 is 6.03 Å². The maximum atomic E-state index is 10.3. The van der Waals surface area contributed by atoms with Crippen molar-refractivity contribution in [2.45, 2.75) is 0 Å². The Bertz CT molecular complexity index is 393. The van der Waals surface area contributed by atoms with E-state index in [9.17, 15) is 4.79 Å². The number of hydrogen-bond acceptors (Lipinski definition) is 3. The van der Waals surface area contributed by atoms with E-state index in [-0.39, 0.29) is 0 Å². The minimum Gasteiger partial charge on any atom is -0.495 e. The van der Waals surface area contributed by atoms with Crippen molar-refractivity contribution in [1.82, 2.24) is 5.43 Å². The summed E-state index contributed by atoms with van der Waals surface area (Å²) < 4.78 is 4.98. The van der Waals surface area contributed by atoms with Crippen molar-refractivity contribution in [3.8, 4) is 5.75 Å². The van der Waals surface area contributed by atoms with Gasteiger partial charge in [-0.3, -0.25) is 0 Å². The van der Waals surface area contributed by atoms with Gasteiger partial charge < -0.3 is 10.5 Å². The summed E-state index contributed by atoms with van der Waals surface area (Å²) in [7, 11) is 1.53. The highest BCUT2D eigenvalue weighted by Gasteiger charge is 1.99. The second kappa shape index (κ2) is 5.21. The lowest BCUT2D eigenvalue weighted by atomic mass is 10.2. The molecule has 0 heterocycles. The molecule has 80 valence electrons. The summed E-state index contributed by atoms with van der Waals surface area (Å²) in [6.07, 6.45) is 1.43. The summed E-state index contributed by atoms with van der Waals surface area (Å²) in [5.74, 6) is 0.580. The van der Waals surface area contributed by atoms with Crippen molar-refractivity contribution in [2.75, 3.05) is 7.11 Å². The van der Waals surface area contributed by atoms with Crippen LogP contribution in [-0.4, -0.2) is 19.4 Å². The number of urea groups is 1. The quantitative estimate of drug-likeness (QED) is 0.604. The zero-order chi connectivity index (χ0) is 11.3. The first-order chi connectivity index (χ1) is 7.13. The predicted octanol–water partition coefficient (Wildman–Crippen LogP) is 1.35. The van der Waals surface area contributed by atoms with E-state index in [1.165, 1.54) is 13.3 Å². The van der Waals surface area contributed by atoms with Crippen LogP contribution in [0.2, 0.25) is 5.02 Å². The molecule has 0 atom stereocenters. The van der Waals surface area contributed by atoms with E-state index in [0.29, 0.717) is 10.8 Å². The molecule has 0 unspecified atom stereocenters. The Morgan fingerprint density at radius 2 is 2.40 bits per heavy atom. The summed E-state index contributed by atoms with van der Waals surface area (Å²) in [5.41, 5.74) is 7.63. The first-order valence-electron chi connectivity index (χ1n) is 4.05. The smallest absolute Gasteiger partial charge is 0.332 e. The molecule has 0 saturated heterocycles. The molecule has 0 saturated carbocycles. The molecule has 1 rings (SSSR count). The number of nitrogens with zero attached hydrogens (tertiary/aromatic N) is 1. The molecular weight excluding hydrogens is 218 g/mol. The van der Waals surface area contributed by atoms with Crippen LogP contribution in [0.15, 0.2) is 23.3 Å². The maximum absolute atomic E-state index is 10.3. The van der Waals surface area contributed by atoms with Crippen LogP contribution >= 0.6 is 11.6 Å². The van der Waals surface area contributed by atoms with Gasteiger partial charge in [-0.05, 0) is 23.8 Å². The lowest BCUT2D eigenvalue weighted by Gasteiger charge is -2.02. The second-order valence-corrected chi connectivity index (χ2v) is 3.04. The van der Waals surface area contributed by atoms with Crippen LogP contribution in [0.5, 0.6) is 5.75 Å². The molecule has 0 bridgehead atoms. The summed E-state index contributed by atoms with van der Waals surface area (Å²) in [6, 6.07) is 4.39. The lowest BCUT2D eigenvalue weighted by molar-refractivity contribution is 0.249. The number of carbonyl (C=O) groups excluding carboxylic acids is 1. The van der Waals surface area contributed by atoms with Crippen LogP contribution in [0.1, 0.15) is 5.56 Å². The third-order valence-electron chi connectivity index (χ3n) is 1.56. The number of halogens is 1. The van der Waals surface area contributed by atoms with Crippen molar-refractivity contribution in [1.29, 1.82) is 0 Å². The second-order valence-electron chi connectivity index (χ2n) is 2.63. The number of nitrogens with one attached hydrogen (secondary N) is 1. The normalized spacial score (nSPS) is 10.3. The van der Waals surface area contributed by atoms with Crippen molar-refractivity contribution < 1.29 is 9.53 Å². The number of hydrogen-bond donors (Lipinski definition) is 2. The highest BCUT2D eigenvalue weighted by molar-refractivity contribution is 6.32. The van der Waals surface area contributed by atoms with Crippen LogP contribution in [0.25, 0.3) is 0 Å². The fourth-order valence-corrected chi connectivity index (χ4v) is 1.20. The van der Waals surface area contributed by atoms with Crippen molar-refractivity contribution in [3.63, 3.8) is 0 Å². The Balaban J connectivity index is 2.75. The van der Waals surface area contributed by atoms with Crippen LogP contribution in [0.4, 0.5) is 4.79 Å². The van der Waals surface area contributed by atoms with Gasteiger partial charge in [0.05, 0.1) is 18.3 Å². The molecule has 5 nitrogen and oxygen atoms in total. The molecule has 2 amide bonds. The molecule has 0 aromatic heterocycles. The SMILES string of the molecule is COc1ccc(/C=N\NC(N)=O)cc1Cl. The molecule has 6 heteroatoms. The monoisotopic (exact) mass is 227 g/mol. The van der Waals surface area contributed by atoms with Crippen molar-refractivity contribution in [3.05, 3.63) is 28.8 Å². The van der Waals surface area contributed by atoms with Gasteiger partial charge in [-0.2, -0.15) is 5.10 Å². The van der Waals surface area contributed by atoms with Crippen molar-refractivity contribution >= 4 is 23.8 Å². The van der Waals surface area contributed by atoms with Gasteiger partial charge in [0.1, 0.15) is 5.75 Å². The van der Waals surface area contributed by atoms with Gasteiger partial charge in [-0.25, -0.2) is 10.2 Å². The highest BCUT2D eigenvalue weighted by Crippen LogP contribution is 2.24. The van der Waals surface area contributed by atoms with Gasteiger partial charge in [0.15, 0.2) is 0 Å². The molecule has 0 aliphatic rings. The Hall–Kier alpha value is -1.75. The standard InChI is InChI=1S/C9H10ClN3O2/c1-15-8-3-2-6(4-7(8)10)5-12-13-9(11)14/h2-5H,1H3,(H3,11,13,14)/b12-5-. The average molecular weight is 228 g/mol. The van der Waals surface area contributed by atoms with E-state index in [1.807, 2.05) is 0 Å². The van der Waals surface area contributed by atoms with Gasteiger partial charge in [0.2, 0.25) is 0 Å². The number of carbonyl (C=O) groups is 1. The summed E-state index contributed by atoms with van der Waals surface area (Å²) >= 11 is 5.87. The predicted molar refractivity (Wildman–Crippen MR) is 58.3 cm³/mol. The van der Waals surface area contributed by atoms with E-state index in [2.05, 4.69) is 10.5 Å². The molecule has 1 aromatic carbocycles. The molecule has 0 radical (unpaired) electrons. The number of ether oxygens (including phenoxy) is 1. The van der Waals surface area contributed by atoms with Crippen LogP contribution in [0.3, 0.4) is 0 Å². The zero-order valence-electron chi connectivity index (χ0n) is 8.03. The highest BCUT2D eigenvalue weighted by atomic mass is 35.5. The summed E-state index contributed by atoms with van der Waals surface area (Å²) in [4.78, 5) is 10.3. The summed E-state index contributed by atoms with van der Waals surface area (Å²) in [5, 5.41) is 4.06. The number of benzene rings is 1. The van der Waals surface area contributed by atoms with Crippen molar-refractivity contribution in [2.24, 2.45) is 10.8 Å². The molecule has 0 aliphatic heterocycles. The average Bonchev–Trinajstić information content (AvgIpc) is 2.17. The number of nitrogens with two attached hydrogens (primary N) is 1. The minimum absolute atomic E-state index is 0.473. The number of hydrazone groups is 1. The van der Waals surface area contributed by atoms with Gasteiger partial charge in [0.25, 0.3) is 0 Å². The van der Waals surface area contributed by atoms with Crippen LogP contribution in [0, 0.1) is 0 Å². The third-order valence-corrected chi connectivity index (χ3v) is 1.86. The Morgan fingerprint density at radius 1 is 1.67 bits per heavy atom. The van der Waals surface area contributed by atoms with E-state index < -0.39 is 6.03 Å². The number of amides is 2. The molecule has 0 aliphatic carbocycles. The Morgan fingerprint density at radius 3 is 2.93 bits per heavy atom. The lowest BCUT2D eigenvalue weighted by Crippen LogP contribution is -2.24. The van der Waals surface area contributed by atoms with Gasteiger partial charge in [0, 0.05) is 0 Å². The van der Waals surface area contributed by atoms with E-state index in [0.717, 1.165) is 5.56 Å². The van der Waals surface area contributed by atoms with Crippen LogP contribution < -0.4 is 15.9 Å². The first kappa shape index (κ1) is 11.3. The maximum Gasteiger partial charge on any atom is 0.332 e. The number of rotatable bonds is 3. The first-order valence-corrected chi connectivity index (χ1v) is 4.43. The largest absolute Gasteiger partial charge is 0.495 e. The Labute approximate surface area is 91.9 Å². The Kier molecular flexibility index (Phi) is 3.93. The van der Waals surface area contributed by atoms with Gasteiger partial charge in [-0.15, -0.1) is 0 Å².